The van der Waals surface area contributed by atoms with Crippen LogP contribution in [0.15, 0.2) is 54.6 Å². The molecule has 3 aromatic rings. The van der Waals surface area contributed by atoms with Crippen LogP contribution in [0.3, 0.4) is 0 Å². The van der Waals surface area contributed by atoms with Crippen molar-refractivity contribution in [3.05, 3.63) is 60.2 Å². The van der Waals surface area contributed by atoms with E-state index in [9.17, 15) is 9.59 Å². The molecular weight excluding hydrogens is 426 g/mol. The molecule has 9 heteroatoms. The van der Waals surface area contributed by atoms with Gasteiger partial charge in [-0.2, -0.15) is 0 Å². The molecular formula is C23H27N5O3S. The summed E-state index contributed by atoms with van der Waals surface area (Å²) in [4.78, 5) is 25.5. The Kier molecular flexibility index (Phi) is 7.42. The molecule has 2 aromatic carbocycles. The zero-order chi connectivity index (χ0) is 23.1. The molecule has 0 saturated heterocycles. The molecule has 0 spiro atoms. The SMILES string of the molecule is COc1cccc(-c2nnc(NC(=O)C(Cc3ccccc3)NC(=O)NC(C)(C)C)s2)c1. The van der Waals surface area contributed by atoms with Crippen LogP contribution in [0.25, 0.3) is 10.6 Å². The van der Waals surface area contributed by atoms with Crippen molar-refractivity contribution in [2.45, 2.75) is 38.8 Å². The second-order valence-corrected chi connectivity index (χ2v) is 9.20. The van der Waals surface area contributed by atoms with Crippen LogP contribution in [0, 0.1) is 0 Å². The molecule has 1 heterocycles. The number of anilines is 1. The van der Waals surface area contributed by atoms with Crippen LogP contribution in [0.1, 0.15) is 26.3 Å². The number of hydrogen-bond donors (Lipinski definition) is 3. The molecule has 0 radical (unpaired) electrons. The maximum absolute atomic E-state index is 13.0. The number of carbonyl (C=O) groups is 2. The fourth-order valence-corrected chi connectivity index (χ4v) is 3.68. The number of methoxy groups -OCH3 is 1. The van der Waals surface area contributed by atoms with Crippen molar-refractivity contribution in [3.63, 3.8) is 0 Å². The van der Waals surface area contributed by atoms with Crippen molar-refractivity contribution < 1.29 is 14.3 Å². The van der Waals surface area contributed by atoms with Gasteiger partial charge in [-0.25, -0.2) is 4.79 Å². The van der Waals surface area contributed by atoms with E-state index < -0.39 is 17.6 Å². The zero-order valence-electron chi connectivity index (χ0n) is 18.5. The van der Waals surface area contributed by atoms with Gasteiger partial charge in [-0.05, 0) is 38.5 Å². The Balaban J connectivity index is 1.74. The predicted molar refractivity (Wildman–Crippen MR) is 126 cm³/mol. The summed E-state index contributed by atoms with van der Waals surface area (Å²) in [5.41, 5.74) is 1.34. The van der Waals surface area contributed by atoms with Gasteiger partial charge in [0.05, 0.1) is 7.11 Å². The summed E-state index contributed by atoms with van der Waals surface area (Å²) in [5, 5.41) is 17.6. The summed E-state index contributed by atoms with van der Waals surface area (Å²) in [6.07, 6.45) is 0.339. The quantitative estimate of drug-likeness (QED) is 0.504. The van der Waals surface area contributed by atoms with Gasteiger partial charge >= 0.3 is 6.03 Å². The monoisotopic (exact) mass is 453 g/mol. The number of aromatic nitrogens is 2. The number of carbonyl (C=O) groups excluding carboxylic acids is 2. The molecule has 3 amide bonds. The van der Waals surface area contributed by atoms with Crippen LogP contribution < -0.4 is 20.7 Å². The maximum Gasteiger partial charge on any atom is 0.315 e. The van der Waals surface area contributed by atoms with E-state index in [-0.39, 0.29) is 5.91 Å². The Morgan fingerprint density at radius 3 is 2.50 bits per heavy atom. The highest BCUT2D eigenvalue weighted by Gasteiger charge is 2.24. The molecule has 0 aliphatic heterocycles. The van der Waals surface area contributed by atoms with E-state index in [4.69, 9.17) is 4.74 Å². The number of ether oxygens (including phenoxy) is 1. The lowest BCUT2D eigenvalue weighted by Crippen LogP contribution is -2.53. The number of nitrogens with zero attached hydrogens (tertiary/aromatic N) is 2. The highest BCUT2D eigenvalue weighted by molar-refractivity contribution is 7.18. The molecule has 0 fully saturated rings. The Hall–Kier alpha value is -3.46. The third kappa shape index (κ3) is 6.78. The van der Waals surface area contributed by atoms with Crippen molar-refractivity contribution in [2.75, 3.05) is 12.4 Å². The van der Waals surface area contributed by atoms with Crippen LogP contribution >= 0.6 is 11.3 Å². The standard InChI is InChI=1S/C23H27N5O3S/c1-23(2,3)26-21(30)24-18(13-15-9-6-5-7-10-15)19(29)25-22-28-27-20(32-22)16-11-8-12-17(14-16)31-4/h5-12,14,18H,13H2,1-4H3,(H2,24,26,30)(H,25,28,29). The topological polar surface area (TPSA) is 105 Å². The number of nitrogens with one attached hydrogen (secondary N) is 3. The van der Waals surface area contributed by atoms with E-state index in [0.717, 1.165) is 11.1 Å². The van der Waals surface area contributed by atoms with Gasteiger partial charge in [0.2, 0.25) is 11.0 Å². The normalized spacial score (nSPS) is 12.0. The minimum atomic E-state index is -0.788. The lowest BCUT2D eigenvalue weighted by molar-refractivity contribution is -0.117. The van der Waals surface area contributed by atoms with E-state index in [2.05, 4.69) is 26.1 Å². The molecule has 32 heavy (non-hydrogen) atoms. The Labute approximate surface area is 191 Å². The van der Waals surface area contributed by atoms with E-state index in [1.54, 1.807) is 7.11 Å². The van der Waals surface area contributed by atoms with Crippen molar-refractivity contribution in [3.8, 4) is 16.3 Å². The van der Waals surface area contributed by atoms with Gasteiger partial charge in [-0.3, -0.25) is 10.1 Å². The summed E-state index contributed by atoms with van der Waals surface area (Å²) in [5.74, 6) is 0.339. The molecule has 0 saturated carbocycles. The molecule has 1 aromatic heterocycles. The van der Waals surface area contributed by atoms with Gasteiger partial charge in [0.25, 0.3) is 0 Å². The highest BCUT2D eigenvalue weighted by Crippen LogP contribution is 2.28. The molecule has 0 aliphatic carbocycles. The number of amides is 3. The third-order valence-electron chi connectivity index (χ3n) is 4.36. The second kappa shape index (κ2) is 10.2. The lowest BCUT2D eigenvalue weighted by atomic mass is 10.1. The zero-order valence-corrected chi connectivity index (χ0v) is 19.3. The van der Waals surface area contributed by atoms with Crippen molar-refractivity contribution in [1.29, 1.82) is 0 Å². The number of hydrogen-bond acceptors (Lipinski definition) is 6. The number of rotatable bonds is 7. The Morgan fingerprint density at radius 2 is 1.81 bits per heavy atom. The van der Waals surface area contributed by atoms with E-state index in [1.165, 1.54) is 11.3 Å². The highest BCUT2D eigenvalue weighted by atomic mass is 32.1. The minimum absolute atomic E-state index is 0.339. The molecule has 8 nitrogen and oxygen atoms in total. The van der Waals surface area contributed by atoms with Crippen molar-refractivity contribution in [2.24, 2.45) is 0 Å². The fraction of sp³-hybridized carbons (Fsp3) is 0.304. The Morgan fingerprint density at radius 1 is 1.06 bits per heavy atom. The molecule has 0 bridgehead atoms. The summed E-state index contributed by atoms with van der Waals surface area (Å²) < 4.78 is 5.25. The van der Waals surface area contributed by atoms with Gasteiger partial charge in [-0.15, -0.1) is 10.2 Å². The smallest absolute Gasteiger partial charge is 0.315 e. The van der Waals surface area contributed by atoms with Gasteiger partial charge in [0.1, 0.15) is 16.8 Å². The average molecular weight is 454 g/mol. The largest absolute Gasteiger partial charge is 0.497 e. The lowest BCUT2D eigenvalue weighted by Gasteiger charge is -2.24. The molecule has 1 unspecified atom stereocenters. The van der Waals surface area contributed by atoms with Crippen molar-refractivity contribution in [1.82, 2.24) is 20.8 Å². The van der Waals surface area contributed by atoms with Gasteiger partial charge in [0, 0.05) is 17.5 Å². The maximum atomic E-state index is 13.0. The van der Waals surface area contributed by atoms with Crippen LogP contribution in [-0.2, 0) is 11.2 Å². The molecule has 168 valence electrons. The van der Waals surface area contributed by atoms with E-state index in [0.29, 0.717) is 22.3 Å². The summed E-state index contributed by atoms with van der Waals surface area (Å²) in [7, 11) is 1.60. The molecule has 3 rings (SSSR count). The second-order valence-electron chi connectivity index (χ2n) is 8.22. The van der Waals surface area contributed by atoms with Gasteiger partial charge in [0.15, 0.2) is 0 Å². The fourth-order valence-electron chi connectivity index (χ4n) is 2.93. The van der Waals surface area contributed by atoms with Crippen LogP contribution in [-0.4, -0.2) is 40.8 Å². The molecule has 3 N–H and O–H groups in total. The third-order valence-corrected chi connectivity index (χ3v) is 5.25. The Bertz CT molecular complexity index is 1060. The molecule has 1 atom stereocenters. The predicted octanol–water partition coefficient (Wildman–Crippen LogP) is 3.86. The minimum Gasteiger partial charge on any atom is -0.497 e. The number of benzene rings is 2. The summed E-state index contributed by atoms with van der Waals surface area (Å²) in [6, 6.07) is 15.8. The number of urea groups is 1. The first kappa shape index (κ1) is 23.2. The average Bonchev–Trinajstić information content (AvgIpc) is 3.21. The van der Waals surface area contributed by atoms with Gasteiger partial charge < -0.3 is 15.4 Å². The summed E-state index contributed by atoms with van der Waals surface area (Å²) >= 11 is 1.25. The molecule has 0 aliphatic rings. The summed E-state index contributed by atoms with van der Waals surface area (Å²) in [6.45, 7) is 5.63. The first-order chi connectivity index (χ1) is 15.2. The van der Waals surface area contributed by atoms with Crippen LogP contribution in [0.4, 0.5) is 9.93 Å². The van der Waals surface area contributed by atoms with E-state index >= 15 is 0 Å². The first-order valence-corrected chi connectivity index (χ1v) is 11.0. The van der Waals surface area contributed by atoms with Crippen molar-refractivity contribution >= 4 is 28.4 Å². The van der Waals surface area contributed by atoms with E-state index in [1.807, 2.05) is 75.4 Å². The van der Waals surface area contributed by atoms with Crippen LogP contribution in [0.2, 0.25) is 0 Å². The van der Waals surface area contributed by atoms with Gasteiger partial charge in [-0.1, -0.05) is 53.8 Å². The first-order valence-electron chi connectivity index (χ1n) is 10.1. The van der Waals surface area contributed by atoms with Crippen LogP contribution in [0.5, 0.6) is 5.75 Å².